The van der Waals surface area contributed by atoms with Crippen LogP contribution in [0.25, 0.3) is 0 Å². The lowest BCUT2D eigenvalue weighted by molar-refractivity contribution is 0.110. The van der Waals surface area contributed by atoms with E-state index < -0.39 is 0 Å². The van der Waals surface area contributed by atoms with E-state index in [1.54, 1.807) is 0 Å². The summed E-state index contributed by atoms with van der Waals surface area (Å²) in [7, 11) is 0. The zero-order valence-electron chi connectivity index (χ0n) is 12.6. The average Bonchev–Trinajstić information content (AvgIpc) is 2.66. The van der Waals surface area contributed by atoms with E-state index in [2.05, 4.69) is 17.1 Å². The van der Waals surface area contributed by atoms with E-state index in [0.29, 0.717) is 12.5 Å². The second-order valence-electron chi connectivity index (χ2n) is 6.49. The molecule has 3 nitrogen and oxygen atoms in total. The van der Waals surface area contributed by atoms with E-state index in [0.717, 1.165) is 18.5 Å². The Labute approximate surface area is 118 Å². The van der Waals surface area contributed by atoms with Gasteiger partial charge in [-0.1, -0.05) is 26.2 Å². The molecule has 0 bridgehead atoms. The summed E-state index contributed by atoms with van der Waals surface area (Å²) < 4.78 is 0. The SMILES string of the molecule is CCNC1CCCCCC1CN1CCC(CO)CC1. The summed E-state index contributed by atoms with van der Waals surface area (Å²) in [5, 5.41) is 12.9. The second-order valence-corrected chi connectivity index (χ2v) is 6.49. The van der Waals surface area contributed by atoms with Gasteiger partial charge in [-0.2, -0.15) is 0 Å². The first kappa shape index (κ1) is 15.3. The van der Waals surface area contributed by atoms with Crippen LogP contribution in [-0.4, -0.2) is 48.8 Å². The summed E-state index contributed by atoms with van der Waals surface area (Å²) in [6.45, 7) is 7.39. The van der Waals surface area contributed by atoms with Crippen molar-refractivity contribution in [3.8, 4) is 0 Å². The molecule has 2 unspecified atom stereocenters. The largest absolute Gasteiger partial charge is 0.396 e. The molecule has 3 heteroatoms. The highest BCUT2D eigenvalue weighted by Gasteiger charge is 2.26. The Morgan fingerprint density at radius 1 is 1.05 bits per heavy atom. The highest BCUT2D eigenvalue weighted by molar-refractivity contribution is 4.83. The standard InChI is InChI=1S/C16H32N2O/c1-2-17-16-7-5-3-4-6-15(16)12-18-10-8-14(13-19)9-11-18/h14-17,19H,2-13H2,1H3. The number of hydrogen-bond acceptors (Lipinski definition) is 3. The van der Waals surface area contributed by atoms with Gasteiger partial charge in [0.2, 0.25) is 0 Å². The maximum atomic E-state index is 9.22. The molecular weight excluding hydrogens is 236 g/mol. The summed E-state index contributed by atoms with van der Waals surface area (Å²) in [4.78, 5) is 2.65. The van der Waals surface area contributed by atoms with Gasteiger partial charge in [0, 0.05) is 19.2 Å². The number of piperidine rings is 1. The third-order valence-corrected chi connectivity index (χ3v) is 5.08. The van der Waals surface area contributed by atoms with Crippen molar-refractivity contribution >= 4 is 0 Å². The molecule has 2 aliphatic rings. The predicted octanol–water partition coefficient (Wildman–Crippen LogP) is 2.25. The average molecular weight is 268 g/mol. The Morgan fingerprint density at radius 3 is 2.47 bits per heavy atom. The van der Waals surface area contributed by atoms with Gasteiger partial charge in [-0.3, -0.25) is 0 Å². The Bertz CT molecular complexity index is 239. The van der Waals surface area contributed by atoms with Crippen LogP contribution in [0.4, 0.5) is 0 Å². The van der Waals surface area contributed by atoms with Gasteiger partial charge in [0.25, 0.3) is 0 Å². The molecule has 1 aliphatic heterocycles. The van der Waals surface area contributed by atoms with Gasteiger partial charge in [0.15, 0.2) is 0 Å². The van der Waals surface area contributed by atoms with E-state index in [9.17, 15) is 5.11 Å². The highest BCUT2D eigenvalue weighted by Crippen LogP contribution is 2.26. The molecule has 1 saturated heterocycles. The second kappa shape index (κ2) is 8.23. The summed E-state index contributed by atoms with van der Waals surface area (Å²) in [6.07, 6.45) is 9.39. The molecule has 19 heavy (non-hydrogen) atoms. The van der Waals surface area contributed by atoms with E-state index >= 15 is 0 Å². The van der Waals surface area contributed by atoms with Crippen molar-refractivity contribution in [2.75, 3.05) is 32.8 Å². The molecule has 112 valence electrons. The van der Waals surface area contributed by atoms with Crippen molar-refractivity contribution in [2.45, 2.75) is 57.9 Å². The zero-order chi connectivity index (χ0) is 13.5. The molecule has 2 rings (SSSR count). The molecule has 1 saturated carbocycles. The van der Waals surface area contributed by atoms with Gasteiger partial charge in [-0.25, -0.2) is 0 Å². The fraction of sp³-hybridized carbons (Fsp3) is 1.00. The monoisotopic (exact) mass is 268 g/mol. The molecule has 2 atom stereocenters. The number of hydrogen-bond donors (Lipinski definition) is 2. The van der Waals surface area contributed by atoms with E-state index in [4.69, 9.17) is 0 Å². The molecule has 0 amide bonds. The number of rotatable bonds is 5. The maximum absolute atomic E-state index is 9.22. The van der Waals surface area contributed by atoms with Crippen LogP contribution in [0.3, 0.4) is 0 Å². The molecule has 0 spiro atoms. The van der Waals surface area contributed by atoms with E-state index in [-0.39, 0.29) is 0 Å². The predicted molar refractivity (Wildman–Crippen MR) is 80.3 cm³/mol. The fourth-order valence-electron chi connectivity index (χ4n) is 3.82. The summed E-state index contributed by atoms with van der Waals surface area (Å²) in [5.41, 5.74) is 0. The van der Waals surface area contributed by atoms with Crippen LogP contribution in [0.15, 0.2) is 0 Å². The van der Waals surface area contributed by atoms with Gasteiger partial charge in [0.1, 0.15) is 0 Å². The summed E-state index contributed by atoms with van der Waals surface area (Å²) >= 11 is 0. The van der Waals surface area contributed by atoms with Crippen molar-refractivity contribution in [3.63, 3.8) is 0 Å². The van der Waals surface area contributed by atoms with Crippen LogP contribution in [0.1, 0.15) is 51.9 Å². The third kappa shape index (κ3) is 4.73. The smallest absolute Gasteiger partial charge is 0.0460 e. The van der Waals surface area contributed by atoms with Crippen molar-refractivity contribution in [1.29, 1.82) is 0 Å². The van der Waals surface area contributed by atoms with Crippen LogP contribution >= 0.6 is 0 Å². The lowest BCUT2D eigenvalue weighted by atomic mass is 9.91. The molecular formula is C16H32N2O. The Balaban J connectivity index is 1.81. The molecule has 0 aromatic carbocycles. The maximum Gasteiger partial charge on any atom is 0.0460 e. The number of nitrogens with zero attached hydrogens (tertiary/aromatic N) is 1. The number of likely N-dealkylation sites (tertiary alicyclic amines) is 1. The number of aliphatic hydroxyl groups is 1. The summed E-state index contributed by atoms with van der Waals surface area (Å²) in [5.74, 6) is 1.41. The third-order valence-electron chi connectivity index (χ3n) is 5.08. The van der Waals surface area contributed by atoms with E-state index in [1.165, 1.54) is 64.6 Å². The minimum atomic E-state index is 0.386. The first-order valence-electron chi connectivity index (χ1n) is 8.40. The van der Waals surface area contributed by atoms with Gasteiger partial charge in [-0.15, -0.1) is 0 Å². The highest BCUT2D eigenvalue weighted by atomic mass is 16.3. The molecule has 1 heterocycles. The molecule has 0 radical (unpaired) electrons. The number of aliphatic hydroxyl groups excluding tert-OH is 1. The Hall–Kier alpha value is -0.120. The topological polar surface area (TPSA) is 35.5 Å². The van der Waals surface area contributed by atoms with E-state index in [1.807, 2.05) is 0 Å². The summed E-state index contributed by atoms with van der Waals surface area (Å²) in [6, 6.07) is 0.739. The fourth-order valence-corrected chi connectivity index (χ4v) is 3.82. The van der Waals surface area contributed by atoms with Gasteiger partial charge < -0.3 is 15.3 Å². The van der Waals surface area contributed by atoms with Crippen LogP contribution in [0, 0.1) is 11.8 Å². The van der Waals surface area contributed by atoms with Gasteiger partial charge >= 0.3 is 0 Å². The van der Waals surface area contributed by atoms with Crippen LogP contribution in [0.5, 0.6) is 0 Å². The van der Waals surface area contributed by atoms with Crippen molar-refractivity contribution in [2.24, 2.45) is 11.8 Å². The minimum Gasteiger partial charge on any atom is -0.396 e. The normalized spacial score (nSPS) is 31.3. The molecule has 0 aromatic heterocycles. The van der Waals surface area contributed by atoms with Crippen molar-refractivity contribution < 1.29 is 5.11 Å². The van der Waals surface area contributed by atoms with Crippen molar-refractivity contribution in [3.05, 3.63) is 0 Å². The van der Waals surface area contributed by atoms with Crippen LogP contribution in [0.2, 0.25) is 0 Å². The molecule has 2 fully saturated rings. The lowest BCUT2D eigenvalue weighted by Gasteiger charge is -2.36. The van der Waals surface area contributed by atoms with Crippen LogP contribution in [-0.2, 0) is 0 Å². The Morgan fingerprint density at radius 2 is 1.79 bits per heavy atom. The quantitative estimate of drug-likeness (QED) is 0.751. The molecule has 1 aliphatic carbocycles. The minimum absolute atomic E-state index is 0.386. The lowest BCUT2D eigenvalue weighted by Crippen LogP contribution is -2.44. The first-order chi connectivity index (χ1) is 9.33. The number of nitrogens with one attached hydrogen (secondary N) is 1. The van der Waals surface area contributed by atoms with Crippen molar-refractivity contribution in [1.82, 2.24) is 10.2 Å². The van der Waals surface area contributed by atoms with Gasteiger partial charge in [-0.05, 0) is 57.2 Å². The molecule has 2 N–H and O–H groups in total. The van der Waals surface area contributed by atoms with Gasteiger partial charge in [0.05, 0.1) is 0 Å². The van der Waals surface area contributed by atoms with Crippen LogP contribution < -0.4 is 5.32 Å². The Kier molecular flexibility index (Phi) is 6.62. The zero-order valence-corrected chi connectivity index (χ0v) is 12.6. The molecule has 0 aromatic rings. The first-order valence-corrected chi connectivity index (χ1v) is 8.40.